The van der Waals surface area contributed by atoms with E-state index in [0.717, 1.165) is 0 Å². The van der Waals surface area contributed by atoms with Crippen LogP contribution in [0.2, 0.25) is 0 Å². The van der Waals surface area contributed by atoms with Crippen LogP contribution in [0.1, 0.15) is 24.3 Å². The van der Waals surface area contributed by atoms with Crippen LogP contribution >= 0.6 is 11.6 Å². The number of amides is 1. The lowest BCUT2D eigenvalue weighted by Crippen LogP contribution is -2.40. The monoisotopic (exact) mass is 243 g/mol. The van der Waals surface area contributed by atoms with Crippen LogP contribution in [-0.4, -0.2) is 28.0 Å². The minimum Gasteiger partial charge on any atom is -0.346 e. The fraction of sp³-hybridized carbons (Fsp3) is 0.500. The van der Waals surface area contributed by atoms with Crippen molar-refractivity contribution in [1.82, 2.24) is 15.5 Å². The first-order valence-corrected chi connectivity index (χ1v) is 5.50. The van der Waals surface area contributed by atoms with Crippen LogP contribution in [0.3, 0.4) is 0 Å². The molecule has 0 aromatic carbocycles. The number of aromatic nitrogens is 2. The summed E-state index contributed by atoms with van der Waals surface area (Å²) in [5.74, 6) is 0.243. The molecule has 2 N–H and O–H groups in total. The van der Waals surface area contributed by atoms with Crippen molar-refractivity contribution in [3.8, 4) is 0 Å². The Labute approximate surface area is 98.2 Å². The molecule has 5 nitrogen and oxygen atoms in total. The number of alkyl halides is 1. The van der Waals surface area contributed by atoms with Gasteiger partial charge in [-0.15, -0.1) is 11.6 Å². The number of hydrogen-bond donors (Lipinski definition) is 2. The maximum atomic E-state index is 11.7. The number of carbonyl (C=O) groups is 1. The molecule has 1 aromatic heterocycles. The third-order valence-corrected chi connectivity index (χ3v) is 2.53. The van der Waals surface area contributed by atoms with Crippen LogP contribution in [0.5, 0.6) is 0 Å². The van der Waals surface area contributed by atoms with Crippen LogP contribution in [0.4, 0.5) is 0 Å². The van der Waals surface area contributed by atoms with Crippen molar-refractivity contribution >= 4 is 17.5 Å². The first-order chi connectivity index (χ1) is 7.54. The Bertz CT molecular complexity index is 396. The summed E-state index contributed by atoms with van der Waals surface area (Å²) < 4.78 is 0. The first-order valence-electron chi connectivity index (χ1n) is 4.97. The van der Waals surface area contributed by atoms with Gasteiger partial charge in [-0.3, -0.25) is 9.59 Å². The summed E-state index contributed by atoms with van der Waals surface area (Å²) in [6.45, 7) is 3.93. The Hall–Kier alpha value is -1.36. The fourth-order valence-electron chi connectivity index (χ4n) is 1.10. The van der Waals surface area contributed by atoms with E-state index in [1.165, 1.54) is 12.1 Å². The van der Waals surface area contributed by atoms with Gasteiger partial charge >= 0.3 is 0 Å². The molecule has 1 aromatic rings. The molecule has 0 bridgehead atoms. The molecule has 0 aliphatic carbocycles. The van der Waals surface area contributed by atoms with Crippen LogP contribution in [0.25, 0.3) is 0 Å². The van der Waals surface area contributed by atoms with E-state index < -0.39 is 0 Å². The maximum absolute atomic E-state index is 11.7. The van der Waals surface area contributed by atoms with E-state index in [4.69, 9.17) is 11.6 Å². The summed E-state index contributed by atoms with van der Waals surface area (Å²) in [5, 5.41) is 8.58. The fourth-order valence-corrected chi connectivity index (χ4v) is 1.53. The van der Waals surface area contributed by atoms with Gasteiger partial charge in [-0.05, 0) is 12.0 Å². The molecule has 0 radical (unpaired) electrons. The molecule has 16 heavy (non-hydrogen) atoms. The van der Waals surface area contributed by atoms with Crippen molar-refractivity contribution in [3.05, 3.63) is 28.2 Å². The summed E-state index contributed by atoms with van der Waals surface area (Å²) in [7, 11) is 0. The van der Waals surface area contributed by atoms with Crippen LogP contribution in [-0.2, 0) is 0 Å². The molecule has 0 spiro atoms. The second kappa shape index (κ2) is 5.65. The molecule has 0 saturated carbocycles. The van der Waals surface area contributed by atoms with Crippen molar-refractivity contribution in [1.29, 1.82) is 0 Å². The Morgan fingerprint density at radius 1 is 1.56 bits per heavy atom. The largest absolute Gasteiger partial charge is 0.346 e. The van der Waals surface area contributed by atoms with Crippen LogP contribution < -0.4 is 10.9 Å². The number of H-pyrrole nitrogens is 1. The lowest BCUT2D eigenvalue weighted by atomic mass is 10.1. The molecule has 0 fully saturated rings. The number of nitrogens with one attached hydrogen (secondary N) is 2. The average Bonchev–Trinajstić information content (AvgIpc) is 2.26. The highest BCUT2D eigenvalue weighted by atomic mass is 35.5. The third kappa shape index (κ3) is 3.34. The van der Waals surface area contributed by atoms with Crippen molar-refractivity contribution in [3.63, 3.8) is 0 Å². The van der Waals surface area contributed by atoms with Crippen molar-refractivity contribution < 1.29 is 4.79 Å². The average molecular weight is 244 g/mol. The van der Waals surface area contributed by atoms with Crippen LogP contribution in [0, 0.1) is 5.92 Å². The number of carbonyl (C=O) groups excluding carboxylic acids is 1. The molecule has 88 valence electrons. The Morgan fingerprint density at radius 2 is 2.25 bits per heavy atom. The highest BCUT2D eigenvalue weighted by Gasteiger charge is 2.16. The molecule has 0 saturated heterocycles. The summed E-state index contributed by atoms with van der Waals surface area (Å²) in [6.07, 6.45) is 0. The second-order valence-electron chi connectivity index (χ2n) is 3.78. The van der Waals surface area contributed by atoms with E-state index in [1.807, 2.05) is 13.8 Å². The van der Waals surface area contributed by atoms with E-state index in [9.17, 15) is 9.59 Å². The SMILES string of the molecule is CC(C)C(CCl)NC(=O)c1ccc(=O)[nH]n1. The molecular weight excluding hydrogens is 230 g/mol. The number of nitrogens with zero attached hydrogens (tertiary/aromatic N) is 1. The van der Waals surface area contributed by atoms with Gasteiger partial charge in [0.2, 0.25) is 0 Å². The molecule has 1 unspecified atom stereocenters. The zero-order valence-electron chi connectivity index (χ0n) is 9.16. The van der Waals surface area contributed by atoms with E-state index in [1.54, 1.807) is 0 Å². The van der Waals surface area contributed by atoms with Gasteiger partial charge in [-0.1, -0.05) is 13.8 Å². The maximum Gasteiger partial charge on any atom is 0.271 e. The topological polar surface area (TPSA) is 74.8 Å². The summed E-state index contributed by atoms with van der Waals surface area (Å²) in [5.41, 5.74) is -0.162. The Kier molecular flexibility index (Phi) is 4.49. The predicted molar refractivity (Wildman–Crippen MR) is 61.7 cm³/mol. The molecule has 0 aliphatic heterocycles. The summed E-state index contributed by atoms with van der Waals surface area (Å²) in [6, 6.07) is 2.52. The molecular formula is C10H14ClN3O2. The van der Waals surface area contributed by atoms with Crippen molar-refractivity contribution in [2.75, 3.05) is 5.88 Å². The molecule has 6 heteroatoms. The molecule has 1 atom stereocenters. The molecule has 0 aliphatic rings. The standard InChI is InChI=1S/C10H14ClN3O2/c1-6(2)8(5-11)12-10(16)7-3-4-9(15)14-13-7/h3-4,6,8H,5H2,1-2H3,(H,12,16)(H,14,15). The van der Waals surface area contributed by atoms with Crippen LogP contribution in [0.15, 0.2) is 16.9 Å². The quantitative estimate of drug-likeness (QED) is 0.767. The normalized spacial score (nSPS) is 12.5. The number of hydrogen-bond acceptors (Lipinski definition) is 3. The first kappa shape index (κ1) is 12.7. The molecule has 1 heterocycles. The van der Waals surface area contributed by atoms with Gasteiger partial charge in [0.1, 0.15) is 5.69 Å². The molecule has 1 amide bonds. The predicted octanol–water partition coefficient (Wildman–Crippen LogP) is 0.763. The van der Waals surface area contributed by atoms with E-state index in [-0.39, 0.29) is 29.1 Å². The Balaban J connectivity index is 2.71. The van der Waals surface area contributed by atoms with E-state index in [0.29, 0.717) is 5.88 Å². The lowest BCUT2D eigenvalue weighted by molar-refractivity contribution is 0.0925. The zero-order valence-corrected chi connectivity index (χ0v) is 9.91. The molecule has 1 rings (SSSR count). The van der Waals surface area contributed by atoms with Crippen molar-refractivity contribution in [2.45, 2.75) is 19.9 Å². The zero-order chi connectivity index (χ0) is 12.1. The summed E-state index contributed by atoms with van der Waals surface area (Å²) in [4.78, 5) is 22.4. The van der Waals surface area contributed by atoms with Gasteiger partial charge in [0, 0.05) is 18.0 Å². The lowest BCUT2D eigenvalue weighted by Gasteiger charge is -2.19. The minimum atomic E-state index is -0.339. The number of halogens is 1. The number of rotatable bonds is 4. The highest BCUT2D eigenvalue weighted by molar-refractivity contribution is 6.18. The van der Waals surface area contributed by atoms with Gasteiger partial charge < -0.3 is 5.32 Å². The third-order valence-electron chi connectivity index (χ3n) is 2.20. The van der Waals surface area contributed by atoms with Gasteiger partial charge in [-0.2, -0.15) is 5.10 Å². The van der Waals surface area contributed by atoms with Crippen molar-refractivity contribution in [2.24, 2.45) is 5.92 Å². The van der Waals surface area contributed by atoms with Gasteiger partial charge in [0.25, 0.3) is 11.5 Å². The van der Waals surface area contributed by atoms with E-state index >= 15 is 0 Å². The second-order valence-corrected chi connectivity index (χ2v) is 4.09. The number of aromatic amines is 1. The minimum absolute atomic E-state index is 0.108. The van der Waals surface area contributed by atoms with Gasteiger partial charge in [0.15, 0.2) is 0 Å². The highest BCUT2D eigenvalue weighted by Crippen LogP contribution is 2.04. The summed E-state index contributed by atoms with van der Waals surface area (Å²) >= 11 is 5.73. The Morgan fingerprint density at radius 3 is 2.69 bits per heavy atom. The van der Waals surface area contributed by atoms with Gasteiger partial charge in [0.05, 0.1) is 0 Å². The van der Waals surface area contributed by atoms with E-state index in [2.05, 4.69) is 15.5 Å². The smallest absolute Gasteiger partial charge is 0.271 e. The van der Waals surface area contributed by atoms with Gasteiger partial charge in [-0.25, -0.2) is 5.10 Å².